The van der Waals surface area contributed by atoms with Gasteiger partial charge in [0, 0.05) is 12.1 Å². The summed E-state index contributed by atoms with van der Waals surface area (Å²) >= 11 is 0. The molecular weight excluding hydrogens is 230 g/mol. The normalized spacial score (nSPS) is 35.2. The second-order valence-electron chi connectivity index (χ2n) is 5.86. The molecule has 1 aliphatic carbocycles. The van der Waals surface area contributed by atoms with Crippen LogP contribution >= 0.6 is 0 Å². The molecule has 2 rings (SSSR count). The van der Waals surface area contributed by atoms with Gasteiger partial charge in [0.1, 0.15) is 0 Å². The van der Waals surface area contributed by atoms with E-state index in [0.717, 1.165) is 19.3 Å². The van der Waals surface area contributed by atoms with Crippen molar-refractivity contribution in [3.63, 3.8) is 0 Å². The quantitative estimate of drug-likeness (QED) is 0.722. The van der Waals surface area contributed by atoms with Crippen molar-refractivity contribution in [1.29, 1.82) is 0 Å². The molecule has 2 fully saturated rings. The predicted molar refractivity (Wildman–Crippen MR) is 67.9 cm³/mol. The van der Waals surface area contributed by atoms with E-state index >= 15 is 0 Å². The molecule has 2 aliphatic rings. The summed E-state index contributed by atoms with van der Waals surface area (Å²) < 4.78 is 5.12. The van der Waals surface area contributed by atoms with Gasteiger partial charge in [0.15, 0.2) is 6.61 Å². The summed E-state index contributed by atoms with van der Waals surface area (Å²) in [6.07, 6.45) is 4.17. The summed E-state index contributed by atoms with van der Waals surface area (Å²) in [4.78, 5) is 25.6. The molecule has 0 unspecified atom stereocenters. The van der Waals surface area contributed by atoms with Gasteiger partial charge in [-0.3, -0.25) is 9.59 Å². The van der Waals surface area contributed by atoms with Gasteiger partial charge in [-0.25, -0.2) is 0 Å². The van der Waals surface area contributed by atoms with Crippen LogP contribution in [0, 0.1) is 11.8 Å². The van der Waals surface area contributed by atoms with E-state index in [9.17, 15) is 9.59 Å². The van der Waals surface area contributed by atoms with Crippen LogP contribution in [0.3, 0.4) is 0 Å². The van der Waals surface area contributed by atoms with E-state index in [1.165, 1.54) is 6.42 Å². The Morgan fingerprint density at radius 3 is 2.22 bits per heavy atom. The Hall–Kier alpha value is -1.06. The molecule has 0 aromatic heterocycles. The largest absolute Gasteiger partial charge is 0.455 e. The molecule has 0 bridgehead atoms. The number of piperidine rings is 1. The lowest BCUT2D eigenvalue weighted by atomic mass is 9.97. The number of carbonyl (C=O) groups excluding carboxylic acids is 2. The minimum atomic E-state index is -0.201. The number of hydrogen-bond acceptors (Lipinski definition) is 3. The molecule has 4 atom stereocenters. The third kappa shape index (κ3) is 2.85. The van der Waals surface area contributed by atoms with Crippen molar-refractivity contribution < 1.29 is 14.3 Å². The highest BCUT2D eigenvalue weighted by Gasteiger charge is 2.41. The molecule has 0 aromatic carbocycles. The smallest absolute Gasteiger partial charge is 0.309 e. The topological polar surface area (TPSA) is 46.6 Å². The molecule has 0 aromatic rings. The van der Waals surface area contributed by atoms with E-state index in [2.05, 4.69) is 13.8 Å². The summed E-state index contributed by atoms with van der Waals surface area (Å²) in [5, 5.41) is 0. The van der Waals surface area contributed by atoms with E-state index < -0.39 is 0 Å². The van der Waals surface area contributed by atoms with Crippen LogP contribution < -0.4 is 0 Å². The van der Waals surface area contributed by atoms with Gasteiger partial charge in [-0.15, -0.1) is 0 Å². The SMILES string of the molecule is C[C@@H]1C[C@H]1C(=O)OCC(=O)N1[C@H](C)CCC[C@@H]1C. The van der Waals surface area contributed by atoms with Gasteiger partial charge in [0.25, 0.3) is 5.91 Å². The highest BCUT2D eigenvalue weighted by molar-refractivity contribution is 5.82. The Balaban J connectivity index is 1.81. The zero-order valence-electron chi connectivity index (χ0n) is 11.5. The van der Waals surface area contributed by atoms with Crippen LogP contribution in [0.1, 0.15) is 46.5 Å². The molecule has 1 saturated carbocycles. The zero-order chi connectivity index (χ0) is 13.3. The second-order valence-corrected chi connectivity index (χ2v) is 5.86. The lowest BCUT2D eigenvalue weighted by Crippen LogP contribution is -2.49. The molecule has 4 heteroatoms. The van der Waals surface area contributed by atoms with Crippen LogP contribution in [0.4, 0.5) is 0 Å². The van der Waals surface area contributed by atoms with Gasteiger partial charge in [-0.05, 0) is 45.4 Å². The van der Waals surface area contributed by atoms with Crippen molar-refractivity contribution in [2.75, 3.05) is 6.61 Å². The maximum absolute atomic E-state index is 12.1. The molecule has 0 spiro atoms. The standard InChI is InChI=1S/C14H23NO3/c1-9-7-12(9)14(17)18-8-13(16)15-10(2)5-4-6-11(15)3/h9-12H,4-8H2,1-3H3/t9-,10-,11+,12-/m1/s1. The highest BCUT2D eigenvalue weighted by Crippen LogP contribution is 2.38. The maximum atomic E-state index is 12.1. The van der Waals surface area contributed by atoms with E-state index in [4.69, 9.17) is 4.74 Å². The first-order valence-corrected chi connectivity index (χ1v) is 6.98. The summed E-state index contributed by atoms with van der Waals surface area (Å²) in [6.45, 7) is 6.08. The number of esters is 1. The first-order chi connectivity index (χ1) is 8.50. The average molecular weight is 253 g/mol. The van der Waals surface area contributed by atoms with Crippen LogP contribution in [-0.2, 0) is 14.3 Å². The molecule has 4 nitrogen and oxygen atoms in total. The lowest BCUT2D eigenvalue weighted by Gasteiger charge is -2.38. The molecule has 1 heterocycles. The van der Waals surface area contributed by atoms with E-state index in [1.54, 1.807) is 0 Å². The summed E-state index contributed by atoms with van der Waals surface area (Å²) in [5.41, 5.74) is 0. The van der Waals surface area contributed by atoms with E-state index in [1.807, 2.05) is 11.8 Å². The molecular formula is C14H23NO3. The molecule has 0 radical (unpaired) electrons. The van der Waals surface area contributed by atoms with Gasteiger partial charge < -0.3 is 9.64 Å². The third-order valence-electron chi connectivity index (χ3n) is 4.23. The molecule has 102 valence electrons. The molecule has 18 heavy (non-hydrogen) atoms. The Morgan fingerprint density at radius 1 is 1.17 bits per heavy atom. The van der Waals surface area contributed by atoms with Crippen LogP contribution in [0.2, 0.25) is 0 Å². The fraction of sp³-hybridized carbons (Fsp3) is 0.857. The Kier molecular flexibility index (Phi) is 3.93. The van der Waals surface area contributed by atoms with E-state index in [0.29, 0.717) is 5.92 Å². The zero-order valence-corrected chi connectivity index (χ0v) is 11.5. The van der Waals surface area contributed by atoms with E-state index in [-0.39, 0.29) is 36.5 Å². The number of carbonyl (C=O) groups is 2. The lowest BCUT2D eigenvalue weighted by molar-refractivity contribution is -0.156. The van der Waals surface area contributed by atoms with Gasteiger partial charge in [0.05, 0.1) is 5.92 Å². The number of ether oxygens (including phenoxy) is 1. The van der Waals surface area contributed by atoms with Crippen LogP contribution in [0.5, 0.6) is 0 Å². The molecule has 1 aliphatic heterocycles. The summed E-state index contributed by atoms with van der Waals surface area (Å²) in [5.74, 6) is 0.221. The van der Waals surface area contributed by atoms with Crippen molar-refractivity contribution in [3.05, 3.63) is 0 Å². The van der Waals surface area contributed by atoms with Crippen LogP contribution in [0.25, 0.3) is 0 Å². The van der Waals surface area contributed by atoms with Crippen molar-refractivity contribution in [3.8, 4) is 0 Å². The summed E-state index contributed by atoms with van der Waals surface area (Å²) in [6, 6.07) is 0.527. The Morgan fingerprint density at radius 2 is 1.72 bits per heavy atom. The van der Waals surface area contributed by atoms with Crippen LogP contribution in [-0.4, -0.2) is 35.5 Å². The third-order valence-corrected chi connectivity index (χ3v) is 4.23. The number of likely N-dealkylation sites (tertiary alicyclic amines) is 1. The average Bonchev–Trinajstić information content (AvgIpc) is 3.03. The molecule has 1 saturated heterocycles. The summed E-state index contributed by atoms with van der Waals surface area (Å²) in [7, 11) is 0. The van der Waals surface area contributed by atoms with Crippen molar-refractivity contribution >= 4 is 11.9 Å². The predicted octanol–water partition coefficient (Wildman–Crippen LogP) is 1.98. The first-order valence-electron chi connectivity index (χ1n) is 6.98. The number of nitrogens with zero attached hydrogens (tertiary/aromatic N) is 1. The maximum Gasteiger partial charge on any atom is 0.309 e. The van der Waals surface area contributed by atoms with Crippen molar-refractivity contribution in [1.82, 2.24) is 4.90 Å². The molecule has 1 amide bonds. The minimum absolute atomic E-state index is 0.0361. The monoisotopic (exact) mass is 253 g/mol. The highest BCUT2D eigenvalue weighted by atomic mass is 16.5. The second kappa shape index (κ2) is 5.29. The Labute approximate surface area is 109 Å². The van der Waals surface area contributed by atoms with Gasteiger partial charge in [0.2, 0.25) is 0 Å². The van der Waals surface area contributed by atoms with Crippen LogP contribution in [0.15, 0.2) is 0 Å². The Bertz CT molecular complexity index is 332. The number of rotatable bonds is 3. The fourth-order valence-electron chi connectivity index (χ4n) is 2.88. The molecule has 0 N–H and O–H groups in total. The van der Waals surface area contributed by atoms with Gasteiger partial charge >= 0.3 is 5.97 Å². The fourth-order valence-corrected chi connectivity index (χ4v) is 2.88. The van der Waals surface area contributed by atoms with Gasteiger partial charge in [-0.1, -0.05) is 6.92 Å². The minimum Gasteiger partial charge on any atom is -0.455 e. The van der Waals surface area contributed by atoms with Crippen molar-refractivity contribution in [2.24, 2.45) is 11.8 Å². The first kappa shape index (κ1) is 13.4. The number of amides is 1. The number of hydrogen-bond donors (Lipinski definition) is 0. The van der Waals surface area contributed by atoms with Crippen molar-refractivity contribution in [2.45, 2.75) is 58.5 Å². The van der Waals surface area contributed by atoms with Gasteiger partial charge in [-0.2, -0.15) is 0 Å².